The van der Waals surface area contributed by atoms with Crippen molar-refractivity contribution >= 4 is 16.8 Å². The van der Waals surface area contributed by atoms with Gasteiger partial charge in [0.1, 0.15) is 18.2 Å². The van der Waals surface area contributed by atoms with Crippen molar-refractivity contribution in [3.63, 3.8) is 0 Å². The molecule has 4 rings (SSSR count). The predicted octanol–water partition coefficient (Wildman–Crippen LogP) is 5.09. The van der Waals surface area contributed by atoms with Crippen LogP contribution in [-0.4, -0.2) is 41.0 Å². The summed E-state index contributed by atoms with van der Waals surface area (Å²) in [6.45, 7) is 7.83. The van der Waals surface area contributed by atoms with Gasteiger partial charge in [-0.15, -0.1) is 0 Å². The number of carbonyl (C=O) groups excluding carboxylic acids is 1. The number of nitrogens with one attached hydrogen (secondary N) is 1. The number of hydrogen-bond donors (Lipinski definition) is 1. The van der Waals surface area contributed by atoms with Gasteiger partial charge in [-0.1, -0.05) is 57.2 Å². The molecule has 0 fully saturated rings. The van der Waals surface area contributed by atoms with Crippen molar-refractivity contribution in [1.29, 1.82) is 0 Å². The molecule has 1 heterocycles. The number of methoxy groups -OCH3 is 1. The van der Waals surface area contributed by atoms with Crippen molar-refractivity contribution in [3.8, 4) is 5.75 Å². The van der Waals surface area contributed by atoms with Crippen molar-refractivity contribution < 1.29 is 14.3 Å². The van der Waals surface area contributed by atoms with E-state index in [9.17, 15) is 9.59 Å². The largest absolute Gasteiger partial charge is 0.489 e. The van der Waals surface area contributed by atoms with Gasteiger partial charge < -0.3 is 19.4 Å². The summed E-state index contributed by atoms with van der Waals surface area (Å²) in [7, 11) is 1.59. The molecule has 0 bridgehead atoms. The molecule has 0 atom stereocenters. The Balaban J connectivity index is 1.44. The number of aromatic nitrogens is 2. The molecule has 37 heavy (non-hydrogen) atoms. The van der Waals surface area contributed by atoms with E-state index in [2.05, 4.69) is 42.9 Å². The van der Waals surface area contributed by atoms with Crippen LogP contribution in [0, 0.1) is 0 Å². The molecule has 1 aromatic heterocycles. The number of amides is 1. The summed E-state index contributed by atoms with van der Waals surface area (Å²) in [6.07, 6.45) is 0. The molecule has 1 N–H and O–H groups in total. The Bertz CT molecular complexity index is 1400. The van der Waals surface area contributed by atoms with Crippen LogP contribution >= 0.6 is 0 Å². The second kappa shape index (κ2) is 11.4. The highest BCUT2D eigenvalue weighted by molar-refractivity contribution is 5.94. The molecule has 0 spiro atoms. The van der Waals surface area contributed by atoms with Crippen LogP contribution in [0.2, 0.25) is 0 Å². The highest BCUT2D eigenvalue weighted by Gasteiger charge is 2.18. The Labute approximate surface area is 217 Å². The van der Waals surface area contributed by atoms with Crippen molar-refractivity contribution in [2.75, 3.05) is 20.3 Å². The second-order valence-electron chi connectivity index (χ2n) is 10.0. The standard InChI is InChI=1S/C30H33N3O4/c1-30(2,3)23-13-15-24(16-14-23)37-20-21-9-11-22(12-10-21)29(35)33(17-18-36-4)19-27-31-26-8-6-5-7-25(26)28(34)32-27/h5-16H,17-20H2,1-4H3,(H,31,32,34). The molecule has 0 radical (unpaired) electrons. The van der Waals surface area contributed by atoms with Crippen molar-refractivity contribution in [2.24, 2.45) is 0 Å². The van der Waals surface area contributed by atoms with Crippen LogP contribution < -0.4 is 10.3 Å². The molecular weight excluding hydrogens is 466 g/mol. The van der Waals surface area contributed by atoms with Crippen molar-refractivity contribution in [1.82, 2.24) is 14.9 Å². The van der Waals surface area contributed by atoms with Gasteiger partial charge in [-0.3, -0.25) is 9.59 Å². The van der Waals surface area contributed by atoms with Crippen molar-refractivity contribution in [2.45, 2.75) is 39.3 Å². The summed E-state index contributed by atoms with van der Waals surface area (Å²) < 4.78 is 11.1. The second-order valence-corrected chi connectivity index (χ2v) is 10.0. The minimum Gasteiger partial charge on any atom is -0.489 e. The van der Waals surface area contributed by atoms with Crippen LogP contribution in [0.3, 0.4) is 0 Å². The molecule has 0 unspecified atom stereocenters. The molecule has 0 saturated carbocycles. The predicted molar refractivity (Wildman–Crippen MR) is 145 cm³/mol. The van der Waals surface area contributed by atoms with Crippen LogP contribution in [0.4, 0.5) is 0 Å². The van der Waals surface area contributed by atoms with Gasteiger partial charge in [-0.05, 0) is 52.9 Å². The Morgan fingerprint density at radius 3 is 2.35 bits per heavy atom. The van der Waals surface area contributed by atoms with Crippen LogP contribution in [0.1, 0.15) is 48.1 Å². The van der Waals surface area contributed by atoms with Gasteiger partial charge in [0.05, 0.1) is 24.1 Å². The molecule has 0 aliphatic carbocycles. The zero-order valence-electron chi connectivity index (χ0n) is 21.8. The summed E-state index contributed by atoms with van der Waals surface area (Å²) in [5.41, 5.74) is 3.22. The lowest BCUT2D eigenvalue weighted by Gasteiger charge is -2.22. The van der Waals surface area contributed by atoms with Gasteiger partial charge in [0.25, 0.3) is 11.5 Å². The van der Waals surface area contributed by atoms with Gasteiger partial charge in [-0.2, -0.15) is 0 Å². The summed E-state index contributed by atoms with van der Waals surface area (Å²) >= 11 is 0. The van der Waals surface area contributed by atoms with Crippen LogP contribution in [0.25, 0.3) is 10.9 Å². The monoisotopic (exact) mass is 499 g/mol. The smallest absolute Gasteiger partial charge is 0.258 e. The third kappa shape index (κ3) is 6.62. The molecule has 4 aromatic rings. The van der Waals surface area contributed by atoms with E-state index in [1.54, 1.807) is 42.3 Å². The lowest BCUT2D eigenvalue weighted by atomic mass is 9.87. The van der Waals surface area contributed by atoms with Crippen LogP contribution in [0.5, 0.6) is 5.75 Å². The molecule has 0 saturated heterocycles. The topological polar surface area (TPSA) is 84.5 Å². The normalized spacial score (nSPS) is 11.5. The number of H-pyrrole nitrogens is 1. The quantitative estimate of drug-likeness (QED) is 0.347. The third-order valence-corrected chi connectivity index (χ3v) is 6.18. The molecular formula is C30H33N3O4. The zero-order valence-corrected chi connectivity index (χ0v) is 21.8. The Morgan fingerprint density at radius 2 is 1.68 bits per heavy atom. The van der Waals surface area contributed by atoms with Gasteiger partial charge >= 0.3 is 0 Å². The molecule has 0 aliphatic heterocycles. The maximum Gasteiger partial charge on any atom is 0.258 e. The van der Waals surface area contributed by atoms with E-state index in [0.717, 1.165) is 11.3 Å². The first-order valence-electron chi connectivity index (χ1n) is 12.3. The first-order valence-corrected chi connectivity index (χ1v) is 12.3. The van der Waals surface area contributed by atoms with E-state index in [1.165, 1.54) is 5.56 Å². The molecule has 1 amide bonds. The highest BCUT2D eigenvalue weighted by Crippen LogP contribution is 2.24. The Morgan fingerprint density at radius 1 is 0.973 bits per heavy atom. The van der Waals surface area contributed by atoms with E-state index in [0.29, 0.717) is 42.0 Å². The number of aromatic amines is 1. The van der Waals surface area contributed by atoms with E-state index in [-0.39, 0.29) is 23.4 Å². The molecule has 7 heteroatoms. The van der Waals surface area contributed by atoms with Crippen LogP contribution in [0.15, 0.2) is 77.6 Å². The number of benzene rings is 3. The van der Waals surface area contributed by atoms with Gasteiger partial charge in [0, 0.05) is 19.2 Å². The number of ether oxygens (including phenoxy) is 2. The summed E-state index contributed by atoms with van der Waals surface area (Å²) in [6, 6.07) is 22.6. The molecule has 3 aromatic carbocycles. The number of fused-ring (bicyclic) bond motifs is 1. The minimum atomic E-state index is -0.225. The van der Waals surface area contributed by atoms with Gasteiger partial charge in [0.2, 0.25) is 0 Å². The third-order valence-electron chi connectivity index (χ3n) is 6.18. The lowest BCUT2D eigenvalue weighted by molar-refractivity contribution is 0.0675. The number of nitrogens with zero attached hydrogens (tertiary/aromatic N) is 2. The summed E-state index contributed by atoms with van der Waals surface area (Å²) in [4.78, 5) is 34.7. The first kappa shape index (κ1) is 26.1. The van der Waals surface area contributed by atoms with Crippen LogP contribution in [-0.2, 0) is 23.3 Å². The lowest BCUT2D eigenvalue weighted by Crippen LogP contribution is -2.34. The molecule has 192 valence electrons. The maximum absolute atomic E-state index is 13.3. The fourth-order valence-electron chi connectivity index (χ4n) is 3.99. The van der Waals surface area contributed by atoms with Crippen molar-refractivity contribution in [3.05, 3.63) is 106 Å². The average Bonchev–Trinajstić information content (AvgIpc) is 2.89. The van der Waals surface area contributed by atoms with E-state index in [4.69, 9.17) is 9.47 Å². The Kier molecular flexibility index (Phi) is 8.04. The number of para-hydroxylation sites is 1. The number of rotatable bonds is 9. The van der Waals surface area contributed by atoms with Gasteiger partial charge in [-0.25, -0.2) is 4.98 Å². The maximum atomic E-state index is 13.3. The highest BCUT2D eigenvalue weighted by atomic mass is 16.5. The van der Waals surface area contributed by atoms with E-state index >= 15 is 0 Å². The summed E-state index contributed by atoms with van der Waals surface area (Å²) in [5, 5.41) is 0.518. The van der Waals surface area contributed by atoms with Gasteiger partial charge in [0.15, 0.2) is 0 Å². The first-order chi connectivity index (χ1) is 17.7. The molecule has 0 aliphatic rings. The number of hydrogen-bond acceptors (Lipinski definition) is 5. The minimum absolute atomic E-state index is 0.0949. The van der Waals surface area contributed by atoms with E-state index in [1.807, 2.05) is 30.3 Å². The Hall–Kier alpha value is -3.97. The van der Waals surface area contributed by atoms with E-state index < -0.39 is 0 Å². The average molecular weight is 500 g/mol. The fraction of sp³-hybridized carbons (Fsp3) is 0.300. The SMILES string of the molecule is COCCN(Cc1nc2ccccc2c(=O)[nH]1)C(=O)c1ccc(COc2ccc(C(C)(C)C)cc2)cc1. The fourth-order valence-corrected chi connectivity index (χ4v) is 3.99. The molecule has 7 nitrogen and oxygen atoms in total. The number of carbonyl (C=O) groups is 1. The summed E-state index contributed by atoms with van der Waals surface area (Å²) in [5.74, 6) is 1.06. The zero-order chi connectivity index (χ0) is 26.4.